The zero-order valence-electron chi connectivity index (χ0n) is 14.7. The van der Waals surface area contributed by atoms with Gasteiger partial charge in [-0.05, 0) is 42.8 Å². The molecular formula is C19H20F3N3O2. The van der Waals surface area contributed by atoms with Crippen molar-refractivity contribution in [3.05, 3.63) is 59.7 Å². The van der Waals surface area contributed by atoms with Crippen molar-refractivity contribution in [2.24, 2.45) is 5.10 Å². The van der Waals surface area contributed by atoms with E-state index in [4.69, 9.17) is 0 Å². The molecule has 5 nitrogen and oxygen atoms in total. The molecule has 0 fully saturated rings. The first kappa shape index (κ1) is 20.3. The second-order valence-corrected chi connectivity index (χ2v) is 5.64. The topological polar surface area (TPSA) is 62.7 Å². The van der Waals surface area contributed by atoms with Crippen molar-refractivity contribution in [3.8, 4) is 5.75 Å². The fourth-order valence-corrected chi connectivity index (χ4v) is 2.18. The van der Waals surface area contributed by atoms with Gasteiger partial charge >= 0.3 is 6.36 Å². The zero-order valence-corrected chi connectivity index (χ0v) is 14.7. The summed E-state index contributed by atoms with van der Waals surface area (Å²) in [5.41, 5.74) is 3.66. The maximum Gasteiger partial charge on any atom is 0.573 e. The van der Waals surface area contributed by atoms with E-state index < -0.39 is 18.0 Å². The molecule has 0 unspecified atom stereocenters. The van der Waals surface area contributed by atoms with Gasteiger partial charge in [0.1, 0.15) is 5.75 Å². The van der Waals surface area contributed by atoms with Crippen LogP contribution in [0.15, 0.2) is 53.6 Å². The highest BCUT2D eigenvalue weighted by Gasteiger charge is 2.31. The van der Waals surface area contributed by atoms with Gasteiger partial charge in [-0.25, -0.2) is 5.43 Å². The van der Waals surface area contributed by atoms with Gasteiger partial charge in [-0.1, -0.05) is 25.5 Å². The number of hydrazone groups is 1. The number of halogens is 3. The molecule has 2 N–H and O–H groups in total. The maximum atomic E-state index is 12.4. The van der Waals surface area contributed by atoms with E-state index in [1.165, 1.54) is 24.3 Å². The van der Waals surface area contributed by atoms with E-state index in [9.17, 15) is 18.0 Å². The van der Waals surface area contributed by atoms with Gasteiger partial charge in [0.2, 0.25) is 0 Å². The van der Waals surface area contributed by atoms with Gasteiger partial charge in [0, 0.05) is 23.4 Å². The van der Waals surface area contributed by atoms with Crippen LogP contribution in [0.25, 0.3) is 0 Å². The number of para-hydroxylation sites is 1. The Balaban J connectivity index is 1.95. The summed E-state index contributed by atoms with van der Waals surface area (Å²) in [5, 5.41) is 6.94. The second kappa shape index (κ2) is 9.61. The number of hydrogen-bond acceptors (Lipinski definition) is 4. The van der Waals surface area contributed by atoms with Gasteiger partial charge in [-0.3, -0.25) is 4.79 Å². The van der Waals surface area contributed by atoms with Crippen LogP contribution in [-0.2, 0) is 0 Å². The van der Waals surface area contributed by atoms with Crippen LogP contribution in [0.3, 0.4) is 0 Å². The molecule has 0 saturated carbocycles. The molecule has 0 saturated heterocycles. The summed E-state index contributed by atoms with van der Waals surface area (Å²) in [4.78, 5) is 12.1. The lowest BCUT2D eigenvalue weighted by Gasteiger charge is -2.10. The Hall–Kier alpha value is -3.03. The lowest BCUT2D eigenvalue weighted by atomic mass is 10.2. The van der Waals surface area contributed by atoms with Gasteiger partial charge in [0.05, 0.1) is 6.21 Å². The minimum atomic E-state index is -4.81. The average molecular weight is 379 g/mol. The highest BCUT2D eigenvalue weighted by molar-refractivity contribution is 5.95. The van der Waals surface area contributed by atoms with E-state index in [0.717, 1.165) is 31.3 Å². The van der Waals surface area contributed by atoms with E-state index in [-0.39, 0.29) is 5.56 Å². The Kier molecular flexibility index (Phi) is 7.22. The molecule has 1 amide bonds. The average Bonchev–Trinajstić information content (AvgIpc) is 2.62. The van der Waals surface area contributed by atoms with Crippen molar-refractivity contribution >= 4 is 17.8 Å². The zero-order chi connectivity index (χ0) is 19.7. The van der Waals surface area contributed by atoms with Crippen molar-refractivity contribution in [2.45, 2.75) is 26.1 Å². The second-order valence-electron chi connectivity index (χ2n) is 5.64. The van der Waals surface area contributed by atoms with E-state index in [2.05, 4.69) is 27.5 Å². The van der Waals surface area contributed by atoms with Crippen LogP contribution in [0.1, 0.15) is 35.7 Å². The number of nitrogens with zero attached hydrogens (tertiary/aromatic N) is 1. The maximum absolute atomic E-state index is 12.4. The minimum absolute atomic E-state index is 0.0885. The minimum Gasteiger partial charge on any atom is -0.405 e. The first-order chi connectivity index (χ1) is 12.9. The Labute approximate surface area is 155 Å². The van der Waals surface area contributed by atoms with E-state index in [1.54, 1.807) is 24.3 Å². The fraction of sp³-hybridized carbons (Fsp3) is 0.263. The third-order valence-corrected chi connectivity index (χ3v) is 3.52. The molecular weight excluding hydrogens is 359 g/mol. The number of amides is 1. The van der Waals surface area contributed by atoms with Crippen molar-refractivity contribution in [1.29, 1.82) is 0 Å². The molecule has 0 heterocycles. The summed E-state index contributed by atoms with van der Waals surface area (Å²) in [6.45, 7) is 2.95. The first-order valence-corrected chi connectivity index (χ1v) is 8.41. The van der Waals surface area contributed by atoms with Gasteiger partial charge in [-0.15, -0.1) is 13.2 Å². The van der Waals surface area contributed by atoms with E-state index >= 15 is 0 Å². The highest BCUT2D eigenvalue weighted by atomic mass is 19.4. The molecule has 2 rings (SSSR count). The molecule has 0 spiro atoms. The molecule has 27 heavy (non-hydrogen) atoms. The van der Waals surface area contributed by atoms with Crippen LogP contribution in [0, 0.1) is 0 Å². The first-order valence-electron chi connectivity index (χ1n) is 8.41. The quantitative estimate of drug-likeness (QED) is 0.401. The summed E-state index contributed by atoms with van der Waals surface area (Å²) < 4.78 is 41.1. The number of ether oxygens (including phenoxy) is 1. The number of rotatable bonds is 8. The highest BCUT2D eigenvalue weighted by Crippen LogP contribution is 2.25. The summed E-state index contributed by atoms with van der Waals surface area (Å²) in [6, 6.07) is 12.3. The molecule has 0 aromatic heterocycles. The van der Waals surface area contributed by atoms with Gasteiger partial charge in [-0.2, -0.15) is 5.10 Å². The third kappa shape index (κ3) is 7.01. The van der Waals surface area contributed by atoms with Crippen LogP contribution >= 0.6 is 0 Å². The number of hydrogen-bond donors (Lipinski definition) is 2. The van der Waals surface area contributed by atoms with Crippen LogP contribution in [-0.4, -0.2) is 25.0 Å². The molecule has 0 aliphatic carbocycles. The Morgan fingerprint density at radius 3 is 2.52 bits per heavy atom. The predicted molar refractivity (Wildman–Crippen MR) is 98.0 cm³/mol. The molecule has 0 bridgehead atoms. The molecule has 144 valence electrons. The number of alkyl halides is 3. The van der Waals surface area contributed by atoms with Crippen molar-refractivity contribution in [3.63, 3.8) is 0 Å². The van der Waals surface area contributed by atoms with Gasteiger partial charge in [0.25, 0.3) is 5.91 Å². The molecule has 2 aromatic rings. The lowest BCUT2D eigenvalue weighted by molar-refractivity contribution is -0.274. The molecule has 0 aliphatic rings. The Morgan fingerprint density at radius 1 is 1.15 bits per heavy atom. The van der Waals surface area contributed by atoms with Crippen LogP contribution < -0.4 is 15.5 Å². The molecule has 2 aromatic carbocycles. The predicted octanol–water partition coefficient (Wildman–Crippen LogP) is 4.56. The molecule has 0 radical (unpaired) electrons. The summed E-state index contributed by atoms with van der Waals surface area (Å²) in [7, 11) is 0. The Bertz CT molecular complexity index is 775. The molecule has 8 heteroatoms. The normalized spacial score (nSPS) is 11.4. The van der Waals surface area contributed by atoms with E-state index in [1.807, 2.05) is 0 Å². The van der Waals surface area contributed by atoms with Crippen molar-refractivity contribution in [2.75, 3.05) is 11.9 Å². The smallest absolute Gasteiger partial charge is 0.405 e. The van der Waals surface area contributed by atoms with Crippen molar-refractivity contribution in [1.82, 2.24) is 5.43 Å². The number of carbonyl (C=O) groups is 1. The summed E-state index contributed by atoms with van der Waals surface area (Å²) >= 11 is 0. The third-order valence-electron chi connectivity index (χ3n) is 3.52. The Morgan fingerprint density at radius 2 is 1.85 bits per heavy atom. The van der Waals surface area contributed by atoms with Crippen molar-refractivity contribution < 1.29 is 22.7 Å². The molecule has 0 aliphatic heterocycles. The summed E-state index contributed by atoms with van der Waals surface area (Å²) in [5.74, 6) is -0.869. The van der Waals surface area contributed by atoms with Crippen LogP contribution in [0.5, 0.6) is 5.75 Å². The van der Waals surface area contributed by atoms with E-state index in [0.29, 0.717) is 5.56 Å². The number of benzene rings is 2. The number of anilines is 1. The number of unbranched alkanes of at least 4 members (excludes halogenated alkanes) is 1. The number of carbonyl (C=O) groups excluding carboxylic acids is 1. The SMILES string of the molecule is CCCCNc1ccc(C(=O)N/N=C\c2ccccc2OC(F)(F)F)cc1. The summed E-state index contributed by atoms with van der Waals surface area (Å²) in [6.07, 6.45) is -1.57. The van der Waals surface area contributed by atoms with Gasteiger partial charge < -0.3 is 10.1 Å². The van der Waals surface area contributed by atoms with Crippen LogP contribution in [0.2, 0.25) is 0 Å². The standard InChI is InChI=1S/C19H20F3N3O2/c1-2-3-12-23-16-10-8-14(9-11-16)18(26)25-24-13-15-6-4-5-7-17(15)27-19(20,21)22/h4-11,13,23H,2-3,12H2,1H3,(H,25,26)/b24-13-. The lowest BCUT2D eigenvalue weighted by Crippen LogP contribution is -2.19. The monoisotopic (exact) mass is 379 g/mol. The number of nitrogens with one attached hydrogen (secondary N) is 2. The fourth-order valence-electron chi connectivity index (χ4n) is 2.18. The largest absolute Gasteiger partial charge is 0.573 e. The van der Waals surface area contributed by atoms with Gasteiger partial charge in [0.15, 0.2) is 0 Å². The molecule has 0 atom stereocenters. The van der Waals surface area contributed by atoms with Crippen LogP contribution in [0.4, 0.5) is 18.9 Å².